The number of carboxylic acids is 1. The Kier molecular flexibility index (Phi) is 7.08. The average Bonchev–Trinajstić information content (AvgIpc) is 2.48. The molecule has 0 bridgehead atoms. The lowest BCUT2D eigenvalue weighted by atomic mass is 10.1. The Morgan fingerprint density at radius 3 is 2.67 bits per heavy atom. The first-order valence-electron chi connectivity index (χ1n) is 6.95. The number of benzene rings is 1. The van der Waals surface area contributed by atoms with Gasteiger partial charge in [0, 0.05) is 19.6 Å². The van der Waals surface area contributed by atoms with Gasteiger partial charge < -0.3 is 20.1 Å². The van der Waals surface area contributed by atoms with Crippen molar-refractivity contribution in [2.75, 3.05) is 26.7 Å². The molecule has 0 aliphatic carbocycles. The number of hydrogen-bond donors (Lipinski definition) is 2. The fourth-order valence-electron chi connectivity index (χ4n) is 1.96. The minimum absolute atomic E-state index is 0.0478. The van der Waals surface area contributed by atoms with Crippen molar-refractivity contribution < 1.29 is 19.4 Å². The van der Waals surface area contributed by atoms with Gasteiger partial charge in [0.2, 0.25) is 0 Å². The summed E-state index contributed by atoms with van der Waals surface area (Å²) in [5.74, 6) is -0.111. The normalized spacial score (nSPS) is 10.0. The quantitative estimate of drug-likeness (QED) is 0.765. The van der Waals surface area contributed by atoms with Crippen LogP contribution in [0.25, 0.3) is 0 Å². The number of nitrogens with one attached hydrogen (secondary N) is 1. The molecule has 0 aliphatic rings. The second-order valence-electron chi connectivity index (χ2n) is 4.52. The first-order chi connectivity index (χ1) is 10.1. The highest BCUT2D eigenvalue weighted by atomic mass is 16.5. The minimum Gasteiger partial charge on any atom is -0.496 e. The van der Waals surface area contributed by atoms with Gasteiger partial charge in [-0.2, -0.15) is 0 Å². The number of carboxylic acid groups (broad SMARTS) is 1. The van der Waals surface area contributed by atoms with E-state index in [2.05, 4.69) is 5.32 Å². The second-order valence-corrected chi connectivity index (χ2v) is 4.52. The molecule has 1 aromatic carbocycles. The number of hydrogen-bond acceptors (Lipinski definition) is 3. The fourth-order valence-corrected chi connectivity index (χ4v) is 1.96. The van der Waals surface area contributed by atoms with Gasteiger partial charge in [-0.05, 0) is 25.0 Å². The highest BCUT2D eigenvalue weighted by Gasteiger charge is 2.12. The van der Waals surface area contributed by atoms with Crippen molar-refractivity contribution in [3.8, 4) is 5.75 Å². The summed E-state index contributed by atoms with van der Waals surface area (Å²) in [5, 5.41) is 11.4. The molecule has 1 aromatic rings. The molecule has 1 rings (SSSR count). The van der Waals surface area contributed by atoms with Crippen molar-refractivity contribution in [3.05, 3.63) is 29.8 Å². The number of para-hydroxylation sites is 1. The molecule has 0 aromatic heterocycles. The highest BCUT2D eigenvalue weighted by Crippen LogP contribution is 2.17. The zero-order valence-corrected chi connectivity index (χ0v) is 12.5. The second kappa shape index (κ2) is 8.84. The predicted octanol–water partition coefficient (Wildman–Crippen LogP) is 1.74. The predicted molar refractivity (Wildman–Crippen MR) is 79.6 cm³/mol. The summed E-state index contributed by atoms with van der Waals surface area (Å²) in [7, 11) is 1.61. The van der Waals surface area contributed by atoms with Gasteiger partial charge in [-0.3, -0.25) is 4.79 Å². The Morgan fingerprint density at radius 1 is 1.33 bits per heavy atom. The Labute approximate surface area is 124 Å². The molecule has 0 heterocycles. The zero-order valence-electron chi connectivity index (χ0n) is 12.5. The molecule has 0 spiro atoms. The van der Waals surface area contributed by atoms with Crippen LogP contribution in [0.1, 0.15) is 18.9 Å². The SMILES string of the molecule is CCN(CCC(=O)O)C(=O)NCCc1ccccc1OC. The van der Waals surface area contributed by atoms with Crippen molar-refractivity contribution in [3.63, 3.8) is 0 Å². The summed E-state index contributed by atoms with van der Waals surface area (Å²) in [4.78, 5) is 23.9. The number of rotatable bonds is 8. The molecule has 0 saturated heterocycles. The van der Waals surface area contributed by atoms with E-state index >= 15 is 0 Å². The van der Waals surface area contributed by atoms with E-state index in [9.17, 15) is 9.59 Å². The minimum atomic E-state index is -0.907. The van der Waals surface area contributed by atoms with E-state index < -0.39 is 5.97 Å². The number of carbonyl (C=O) groups is 2. The summed E-state index contributed by atoms with van der Waals surface area (Å²) in [6.45, 7) is 2.99. The van der Waals surface area contributed by atoms with Crippen molar-refractivity contribution in [1.82, 2.24) is 10.2 Å². The van der Waals surface area contributed by atoms with Gasteiger partial charge in [0.1, 0.15) is 5.75 Å². The van der Waals surface area contributed by atoms with E-state index in [-0.39, 0.29) is 19.0 Å². The van der Waals surface area contributed by atoms with Gasteiger partial charge in [0.25, 0.3) is 0 Å². The van der Waals surface area contributed by atoms with E-state index in [1.807, 2.05) is 31.2 Å². The molecule has 116 valence electrons. The topological polar surface area (TPSA) is 78.9 Å². The number of amides is 2. The van der Waals surface area contributed by atoms with Crippen LogP contribution in [-0.4, -0.2) is 48.8 Å². The van der Waals surface area contributed by atoms with Gasteiger partial charge in [-0.15, -0.1) is 0 Å². The smallest absolute Gasteiger partial charge is 0.317 e. The van der Waals surface area contributed by atoms with Gasteiger partial charge in [-0.25, -0.2) is 4.79 Å². The maximum absolute atomic E-state index is 11.9. The van der Waals surface area contributed by atoms with E-state index in [0.29, 0.717) is 19.5 Å². The maximum atomic E-state index is 11.9. The van der Waals surface area contributed by atoms with E-state index in [0.717, 1.165) is 11.3 Å². The molecule has 6 heteroatoms. The lowest BCUT2D eigenvalue weighted by Gasteiger charge is -2.20. The third kappa shape index (κ3) is 5.72. The first-order valence-corrected chi connectivity index (χ1v) is 6.95. The molecular formula is C15H22N2O4. The fraction of sp³-hybridized carbons (Fsp3) is 0.467. The van der Waals surface area contributed by atoms with Crippen molar-refractivity contribution in [2.24, 2.45) is 0 Å². The number of methoxy groups -OCH3 is 1. The van der Waals surface area contributed by atoms with Crippen molar-refractivity contribution >= 4 is 12.0 Å². The van der Waals surface area contributed by atoms with Gasteiger partial charge in [0.15, 0.2) is 0 Å². The first kappa shape index (κ1) is 16.8. The molecule has 0 unspecified atom stereocenters. The average molecular weight is 294 g/mol. The van der Waals surface area contributed by atoms with Crippen LogP contribution in [0.4, 0.5) is 4.79 Å². The van der Waals surface area contributed by atoms with E-state index in [4.69, 9.17) is 9.84 Å². The molecule has 0 radical (unpaired) electrons. The third-order valence-corrected chi connectivity index (χ3v) is 3.13. The summed E-state index contributed by atoms with van der Waals surface area (Å²) >= 11 is 0. The van der Waals surface area contributed by atoms with Gasteiger partial charge in [-0.1, -0.05) is 18.2 Å². The molecule has 0 atom stereocenters. The molecule has 0 fully saturated rings. The Bertz CT molecular complexity index is 476. The molecule has 21 heavy (non-hydrogen) atoms. The van der Waals surface area contributed by atoms with Gasteiger partial charge >= 0.3 is 12.0 Å². The number of ether oxygens (including phenoxy) is 1. The number of aliphatic carboxylic acids is 1. The van der Waals surface area contributed by atoms with Crippen LogP contribution in [0.5, 0.6) is 5.75 Å². The van der Waals surface area contributed by atoms with Crippen LogP contribution in [0, 0.1) is 0 Å². The van der Waals surface area contributed by atoms with Crippen LogP contribution in [0.2, 0.25) is 0 Å². The number of nitrogens with zero attached hydrogens (tertiary/aromatic N) is 1. The number of carbonyl (C=O) groups excluding carboxylic acids is 1. The molecule has 6 nitrogen and oxygen atoms in total. The van der Waals surface area contributed by atoms with Gasteiger partial charge in [0.05, 0.1) is 13.5 Å². The monoisotopic (exact) mass is 294 g/mol. The van der Waals surface area contributed by atoms with Crippen LogP contribution in [0.15, 0.2) is 24.3 Å². The third-order valence-electron chi connectivity index (χ3n) is 3.13. The largest absolute Gasteiger partial charge is 0.496 e. The summed E-state index contributed by atoms with van der Waals surface area (Å²) < 4.78 is 5.25. The molecule has 2 amide bonds. The Morgan fingerprint density at radius 2 is 2.05 bits per heavy atom. The summed E-state index contributed by atoms with van der Waals surface area (Å²) in [6, 6.07) is 7.40. The number of urea groups is 1. The van der Waals surface area contributed by atoms with Crippen LogP contribution in [-0.2, 0) is 11.2 Å². The van der Waals surface area contributed by atoms with Crippen molar-refractivity contribution in [1.29, 1.82) is 0 Å². The molecular weight excluding hydrogens is 272 g/mol. The van der Waals surface area contributed by atoms with Crippen LogP contribution in [0.3, 0.4) is 0 Å². The Balaban J connectivity index is 2.43. The lowest BCUT2D eigenvalue weighted by Crippen LogP contribution is -2.41. The van der Waals surface area contributed by atoms with E-state index in [1.165, 1.54) is 4.90 Å². The van der Waals surface area contributed by atoms with E-state index in [1.54, 1.807) is 7.11 Å². The Hall–Kier alpha value is -2.24. The highest BCUT2D eigenvalue weighted by molar-refractivity contribution is 5.75. The maximum Gasteiger partial charge on any atom is 0.317 e. The lowest BCUT2D eigenvalue weighted by molar-refractivity contribution is -0.137. The van der Waals surface area contributed by atoms with Crippen LogP contribution < -0.4 is 10.1 Å². The molecule has 2 N–H and O–H groups in total. The standard InChI is InChI=1S/C15H22N2O4/c1-3-17(11-9-14(18)19)15(20)16-10-8-12-6-4-5-7-13(12)21-2/h4-7H,3,8-11H2,1-2H3,(H,16,20)(H,18,19). The molecule has 0 saturated carbocycles. The van der Waals surface area contributed by atoms with Crippen molar-refractivity contribution in [2.45, 2.75) is 19.8 Å². The van der Waals surface area contributed by atoms with Crippen LogP contribution >= 0.6 is 0 Å². The summed E-state index contributed by atoms with van der Waals surface area (Å²) in [5.41, 5.74) is 1.02. The molecule has 0 aliphatic heterocycles. The zero-order chi connectivity index (χ0) is 15.7. The summed E-state index contributed by atoms with van der Waals surface area (Å²) in [6.07, 6.45) is 0.611.